The van der Waals surface area contributed by atoms with E-state index in [0.29, 0.717) is 6.61 Å². The van der Waals surface area contributed by atoms with Gasteiger partial charge in [0.1, 0.15) is 6.26 Å². The summed E-state index contributed by atoms with van der Waals surface area (Å²) in [6, 6.07) is 0. The molecule has 0 aromatic carbocycles. The Morgan fingerprint density at radius 3 is 1.41 bits per heavy atom. The van der Waals surface area contributed by atoms with Gasteiger partial charge in [-0.25, -0.2) is 9.45 Å². The molecule has 0 aliphatic heterocycles. The van der Waals surface area contributed by atoms with Gasteiger partial charge in [0.05, 0.1) is 6.61 Å². The fourth-order valence-electron chi connectivity index (χ4n) is 2.81. The quantitative estimate of drug-likeness (QED) is 0.0435. The molecule has 0 heterocycles. The van der Waals surface area contributed by atoms with Crippen molar-refractivity contribution in [1.29, 1.82) is 0 Å². The van der Waals surface area contributed by atoms with Gasteiger partial charge in [-0.3, -0.25) is 0 Å². The molecule has 0 amide bonds. The van der Waals surface area contributed by atoms with Gasteiger partial charge in [-0.2, -0.15) is 0 Å². The van der Waals surface area contributed by atoms with Gasteiger partial charge in [-0.1, -0.05) is 104 Å². The zero-order valence-corrected chi connectivity index (χ0v) is 21.2. The molecule has 0 atom stereocenters. The molecule has 13 nitrogen and oxygen atoms in total. The van der Waals surface area contributed by atoms with Gasteiger partial charge in [0, 0.05) is 20.2 Å². The second-order valence-corrected chi connectivity index (χ2v) is 8.88. The van der Waals surface area contributed by atoms with Crippen LogP contribution in [0.15, 0.2) is 12.8 Å². The van der Waals surface area contributed by atoms with E-state index in [1.54, 1.807) is 0 Å². The van der Waals surface area contributed by atoms with E-state index in [0.717, 1.165) is 25.0 Å². The molecule has 0 fully saturated rings. The van der Waals surface area contributed by atoms with Gasteiger partial charge in [-0.15, -0.1) is 0 Å². The highest BCUT2D eigenvalue weighted by molar-refractivity contribution is 7.45. The van der Waals surface area contributed by atoms with E-state index in [-0.39, 0.29) is 0 Å². The van der Waals surface area contributed by atoms with Crippen molar-refractivity contribution in [1.82, 2.24) is 0 Å². The minimum atomic E-state index is -4.64. The molecule has 34 heavy (non-hydrogen) atoms. The Hall–Kier alpha value is -0.670. The minimum absolute atomic E-state index is 0.383. The normalized spacial score (nSPS) is 11.4. The standard InChI is InChI=1S/C20H40O9.H3O4P/c1-4-21-23-25-27-29-28-26-24-22-19-17-15-13-11-9-7-5-6-8-10-12-14-16-18-20(2)3;1-5(2,3)4/h4,20H,1,5-19H2,2-3H3;(H3,1,2,3,4). The molecule has 0 spiro atoms. The smallest absolute Gasteiger partial charge is 0.315 e. The number of hydrogen-bond donors (Lipinski definition) is 3. The van der Waals surface area contributed by atoms with E-state index in [9.17, 15) is 0 Å². The molecule has 0 saturated heterocycles. The number of hydrogen-bond acceptors (Lipinski definition) is 10. The molecule has 0 aliphatic carbocycles. The van der Waals surface area contributed by atoms with Crippen molar-refractivity contribution in [3.8, 4) is 0 Å². The summed E-state index contributed by atoms with van der Waals surface area (Å²) in [6.45, 7) is 8.17. The molecule has 0 aromatic rings. The van der Waals surface area contributed by atoms with Gasteiger partial charge in [0.2, 0.25) is 0 Å². The van der Waals surface area contributed by atoms with Gasteiger partial charge in [-0.05, 0) is 27.5 Å². The molecule has 0 saturated carbocycles. The van der Waals surface area contributed by atoms with Crippen LogP contribution in [0.5, 0.6) is 0 Å². The third-order valence-electron chi connectivity index (χ3n) is 4.33. The highest BCUT2D eigenvalue weighted by Gasteiger charge is 2.00. The minimum Gasteiger partial charge on any atom is -0.315 e. The first kappa shape index (κ1) is 35.5. The van der Waals surface area contributed by atoms with Gasteiger partial charge in [0.25, 0.3) is 0 Å². The van der Waals surface area contributed by atoms with Crippen molar-refractivity contribution in [2.24, 2.45) is 5.92 Å². The molecule has 0 bridgehead atoms. The Morgan fingerprint density at radius 2 is 1.00 bits per heavy atom. The van der Waals surface area contributed by atoms with Crippen LogP contribution in [0.3, 0.4) is 0 Å². The highest BCUT2D eigenvalue weighted by Crippen LogP contribution is 2.25. The molecular formula is C20H43O13P. The average Bonchev–Trinajstić information content (AvgIpc) is 2.75. The summed E-state index contributed by atoms with van der Waals surface area (Å²) in [7, 11) is -4.64. The summed E-state index contributed by atoms with van der Waals surface area (Å²) in [6.07, 6.45) is 19.1. The fourth-order valence-corrected chi connectivity index (χ4v) is 2.81. The van der Waals surface area contributed by atoms with Crippen LogP contribution in [0.4, 0.5) is 0 Å². The van der Waals surface area contributed by atoms with E-state index in [4.69, 9.17) is 24.1 Å². The summed E-state index contributed by atoms with van der Waals surface area (Å²) >= 11 is 0. The van der Waals surface area contributed by atoms with Crippen LogP contribution in [0.2, 0.25) is 0 Å². The lowest BCUT2D eigenvalue weighted by molar-refractivity contribution is -0.829. The monoisotopic (exact) mass is 522 g/mol. The second-order valence-electron chi connectivity index (χ2n) is 7.85. The van der Waals surface area contributed by atoms with Gasteiger partial charge < -0.3 is 19.6 Å². The van der Waals surface area contributed by atoms with Crippen molar-refractivity contribution in [2.75, 3.05) is 6.61 Å². The number of phosphoric acid groups is 1. The van der Waals surface area contributed by atoms with E-state index >= 15 is 0 Å². The lowest BCUT2D eigenvalue weighted by atomic mass is 10.0. The van der Waals surface area contributed by atoms with Crippen LogP contribution in [0.25, 0.3) is 0 Å². The van der Waals surface area contributed by atoms with Gasteiger partial charge in [0.15, 0.2) is 0 Å². The van der Waals surface area contributed by atoms with Crippen LogP contribution in [0.1, 0.15) is 104 Å². The predicted octanol–water partition coefficient (Wildman–Crippen LogP) is 5.79. The lowest BCUT2D eigenvalue weighted by Crippen LogP contribution is -2.02. The third-order valence-corrected chi connectivity index (χ3v) is 4.33. The molecule has 3 N–H and O–H groups in total. The van der Waals surface area contributed by atoms with Crippen LogP contribution in [-0.2, 0) is 49.6 Å². The Morgan fingerprint density at radius 1 is 0.647 bits per heavy atom. The van der Waals surface area contributed by atoms with Crippen molar-refractivity contribution < 1.29 is 64.3 Å². The van der Waals surface area contributed by atoms with Crippen LogP contribution in [-0.4, -0.2) is 21.3 Å². The van der Waals surface area contributed by atoms with Crippen molar-refractivity contribution in [3.05, 3.63) is 12.8 Å². The van der Waals surface area contributed by atoms with Crippen molar-refractivity contribution in [2.45, 2.75) is 104 Å². The molecule has 0 aliphatic rings. The van der Waals surface area contributed by atoms with E-state index in [1.165, 1.54) is 77.0 Å². The molecule has 14 heteroatoms. The largest absolute Gasteiger partial charge is 0.466 e. The molecule has 0 aromatic heterocycles. The van der Waals surface area contributed by atoms with Crippen molar-refractivity contribution in [3.63, 3.8) is 0 Å². The molecule has 0 unspecified atom stereocenters. The summed E-state index contributed by atoms with van der Waals surface area (Å²) in [5.41, 5.74) is 0. The second kappa shape index (κ2) is 28.6. The van der Waals surface area contributed by atoms with E-state index in [2.05, 4.69) is 60.6 Å². The Kier molecular flexibility index (Phi) is 29.8. The first-order valence-electron chi connectivity index (χ1n) is 11.6. The maximum Gasteiger partial charge on any atom is 0.466 e. The first-order chi connectivity index (χ1) is 16.3. The molecule has 0 radical (unpaired) electrons. The predicted molar refractivity (Wildman–Crippen MR) is 119 cm³/mol. The van der Waals surface area contributed by atoms with E-state index < -0.39 is 7.82 Å². The zero-order chi connectivity index (χ0) is 25.8. The zero-order valence-electron chi connectivity index (χ0n) is 20.3. The number of unbranched alkanes of at least 4 members (excludes halogenated alkanes) is 12. The maximum atomic E-state index is 8.88. The van der Waals surface area contributed by atoms with E-state index in [1.807, 2.05) is 0 Å². The topological polar surface area (TPSA) is 161 Å². The molecule has 0 rings (SSSR count). The first-order valence-corrected chi connectivity index (χ1v) is 13.2. The summed E-state index contributed by atoms with van der Waals surface area (Å²) < 4.78 is 8.88. The molecular weight excluding hydrogens is 479 g/mol. The van der Waals surface area contributed by atoms with Crippen LogP contribution >= 0.6 is 7.82 Å². The van der Waals surface area contributed by atoms with Gasteiger partial charge >= 0.3 is 7.82 Å². The van der Waals surface area contributed by atoms with Crippen molar-refractivity contribution >= 4 is 7.82 Å². The summed E-state index contributed by atoms with van der Waals surface area (Å²) in [5, 5.41) is 27.4. The molecule has 206 valence electrons. The third kappa shape index (κ3) is 44.9. The lowest BCUT2D eigenvalue weighted by Gasteiger charge is -2.05. The maximum absolute atomic E-state index is 8.88. The summed E-state index contributed by atoms with van der Waals surface area (Å²) in [4.78, 5) is 30.3. The summed E-state index contributed by atoms with van der Waals surface area (Å²) in [5.74, 6) is 0.853. The Balaban J connectivity index is 0. The SMILES string of the molecule is C=COOOOOOOOOCCCCCCCCCCCCCCCC(C)C.O=P(O)(O)O. The average molecular weight is 523 g/mol. The highest BCUT2D eigenvalue weighted by atomic mass is 31.2. The Labute approximate surface area is 201 Å². The fraction of sp³-hybridized carbons (Fsp3) is 0.900. The Bertz CT molecular complexity index is 440. The van der Waals surface area contributed by atoms with Crippen LogP contribution < -0.4 is 0 Å². The number of rotatable bonds is 25. The van der Waals surface area contributed by atoms with Crippen LogP contribution in [0, 0.1) is 5.92 Å².